The first-order valence-corrected chi connectivity index (χ1v) is 3.41. The second kappa shape index (κ2) is 3.52. The predicted octanol–water partition coefficient (Wildman–Crippen LogP) is 1.44. The Hall–Kier alpha value is -1.79. The highest BCUT2D eigenvalue weighted by Gasteiger charge is 2.24. The minimum absolute atomic E-state index is 0.454. The number of nitrogens with zero attached hydrogens (tertiary/aromatic N) is 1. The van der Waals surface area contributed by atoms with Crippen molar-refractivity contribution < 1.29 is 23.1 Å². The molecule has 4 nitrogen and oxygen atoms in total. The summed E-state index contributed by atoms with van der Waals surface area (Å²) >= 11 is 0. The Morgan fingerprint density at radius 1 is 1.57 bits per heavy atom. The van der Waals surface area contributed by atoms with Crippen molar-refractivity contribution in [1.29, 1.82) is 0 Å². The van der Waals surface area contributed by atoms with Crippen LogP contribution in [0.5, 0.6) is 0 Å². The fraction of sp³-hybridized carbons (Fsp3) is 0.143. The average molecular weight is 206 g/mol. The lowest BCUT2D eigenvalue weighted by Gasteiger charge is -2.06. The zero-order valence-corrected chi connectivity index (χ0v) is 6.67. The van der Waals surface area contributed by atoms with E-state index in [-0.39, 0.29) is 0 Å². The number of nitrogens with two attached hydrogens (primary N) is 1. The molecule has 14 heavy (non-hydrogen) atoms. The number of halogens is 3. The van der Waals surface area contributed by atoms with E-state index < -0.39 is 35.3 Å². The largest absolute Gasteiger partial charge is 0.478 e. The SMILES string of the molecule is Nc1cc(C(=O)O)c(C(F)F)c(F)n1. The molecule has 0 aliphatic rings. The van der Waals surface area contributed by atoms with Crippen LogP contribution in [0.2, 0.25) is 0 Å². The quantitative estimate of drug-likeness (QED) is 0.717. The Morgan fingerprint density at radius 3 is 2.57 bits per heavy atom. The topological polar surface area (TPSA) is 76.2 Å². The van der Waals surface area contributed by atoms with E-state index in [1.165, 1.54) is 0 Å². The number of hydrogen-bond acceptors (Lipinski definition) is 3. The van der Waals surface area contributed by atoms with Gasteiger partial charge in [-0.1, -0.05) is 0 Å². The second-order valence-corrected chi connectivity index (χ2v) is 2.41. The molecule has 0 fully saturated rings. The monoisotopic (exact) mass is 206 g/mol. The van der Waals surface area contributed by atoms with E-state index in [1.54, 1.807) is 0 Å². The van der Waals surface area contributed by atoms with Gasteiger partial charge in [-0.25, -0.2) is 18.6 Å². The van der Waals surface area contributed by atoms with Crippen LogP contribution in [0, 0.1) is 5.95 Å². The van der Waals surface area contributed by atoms with E-state index in [9.17, 15) is 18.0 Å². The fourth-order valence-electron chi connectivity index (χ4n) is 0.927. The lowest BCUT2D eigenvalue weighted by Crippen LogP contribution is -2.09. The standard InChI is InChI=1S/C7H5F3N2O2/c8-5(9)4-2(7(13)14)1-3(11)12-6(4)10/h1,5H,(H2,11,12)(H,13,14). The van der Waals surface area contributed by atoms with Crippen LogP contribution < -0.4 is 5.73 Å². The van der Waals surface area contributed by atoms with Crippen molar-refractivity contribution in [2.75, 3.05) is 5.73 Å². The zero-order chi connectivity index (χ0) is 10.9. The summed E-state index contributed by atoms with van der Waals surface area (Å²) in [6.07, 6.45) is -3.24. The van der Waals surface area contributed by atoms with Crippen LogP contribution in [0.25, 0.3) is 0 Å². The van der Waals surface area contributed by atoms with Gasteiger partial charge in [0.25, 0.3) is 6.43 Å². The molecule has 0 radical (unpaired) electrons. The maximum atomic E-state index is 12.8. The summed E-state index contributed by atoms with van der Waals surface area (Å²) in [6, 6.07) is 0.687. The number of nitrogen functional groups attached to an aromatic ring is 1. The molecular formula is C7H5F3N2O2. The molecule has 7 heteroatoms. The van der Waals surface area contributed by atoms with Crippen LogP contribution in [0.3, 0.4) is 0 Å². The van der Waals surface area contributed by atoms with Crippen molar-refractivity contribution in [2.45, 2.75) is 6.43 Å². The van der Waals surface area contributed by atoms with Gasteiger partial charge in [-0.15, -0.1) is 0 Å². The molecule has 0 saturated heterocycles. The van der Waals surface area contributed by atoms with E-state index in [0.717, 1.165) is 0 Å². The molecule has 0 bridgehead atoms. The first-order valence-electron chi connectivity index (χ1n) is 3.41. The number of aromatic nitrogens is 1. The van der Waals surface area contributed by atoms with Gasteiger partial charge < -0.3 is 10.8 Å². The normalized spacial score (nSPS) is 10.6. The molecule has 0 amide bonds. The number of pyridine rings is 1. The fourth-order valence-corrected chi connectivity index (χ4v) is 0.927. The summed E-state index contributed by atoms with van der Waals surface area (Å²) in [7, 11) is 0. The van der Waals surface area contributed by atoms with Gasteiger partial charge in [-0.05, 0) is 6.07 Å². The molecule has 0 aliphatic heterocycles. The summed E-state index contributed by atoms with van der Waals surface area (Å²) < 4.78 is 37.2. The summed E-state index contributed by atoms with van der Waals surface area (Å²) in [6.45, 7) is 0. The highest BCUT2D eigenvalue weighted by molar-refractivity contribution is 5.90. The predicted molar refractivity (Wildman–Crippen MR) is 40.5 cm³/mol. The molecule has 0 spiro atoms. The number of hydrogen-bond donors (Lipinski definition) is 2. The summed E-state index contributed by atoms with van der Waals surface area (Å²) in [4.78, 5) is 13.4. The summed E-state index contributed by atoms with van der Waals surface area (Å²) in [5, 5.41) is 8.48. The molecule has 0 saturated carbocycles. The minimum atomic E-state index is -3.24. The number of rotatable bonds is 2. The van der Waals surface area contributed by atoms with Crippen LogP contribution in [0.15, 0.2) is 6.07 Å². The maximum Gasteiger partial charge on any atom is 0.336 e. The highest BCUT2D eigenvalue weighted by atomic mass is 19.3. The summed E-state index contributed by atoms with van der Waals surface area (Å²) in [5.41, 5.74) is 2.89. The average Bonchev–Trinajstić information content (AvgIpc) is 2.01. The van der Waals surface area contributed by atoms with Gasteiger partial charge in [0.2, 0.25) is 5.95 Å². The first-order chi connectivity index (χ1) is 6.43. The van der Waals surface area contributed by atoms with E-state index in [0.29, 0.717) is 6.07 Å². The van der Waals surface area contributed by atoms with Crippen molar-refractivity contribution in [1.82, 2.24) is 4.98 Å². The van der Waals surface area contributed by atoms with Crippen LogP contribution in [0.1, 0.15) is 22.3 Å². The van der Waals surface area contributed by atoms with Crippen LogP contribution in [-0.2, 0) is 0 Å². The molecule has 0 unspecified atom stereocenters. The van der Waals surface area contributed by atoms with Gasteiger partial charge in [-0.2, -0.15) is 4.39 Å². The molecule has 3 N–H and O–H groups in total. The number of aromatic carboxylic acids is 1. The smallest absolute Gasteiger partial charge is 0.336 e. The van der Waals surface area contributed by atoms with Crippen molar-refractivity contribution in [3.63, 3.8) is 0 Å². The molecule has 1 heterocycles. The number of carbonyl (C=O) groups is 1. The highest BCUT2D eigenvalue weighted by Crippen LogP contribution is 2.26. The van der Waals surface area contributed by atoms with Crippen LogP contribution in [-0.4, -0.2) is 16.1 Å². The zero-order valence-electron chi connectivity index (χ0n) is 6.67. The van der Waals surface area contributed by atoms with Gasteiger partial charge >= 0.3 is 5.97 Å². The third kappa shape index (κ3) is 1.76. The second-order valence-electron chi connectivity index (χ2n) is 2.41. The number of carboxylic acid groups (broad SMARTS) is 1. The van der Waals surface area contributed by atoms with Gasteiger partial charge in [-0.3, -0.25) is 0 Å². The van der Waals surface area contributed by atoms with E-state index in [1.807, 2.05) is 0 Å². The Balaban J connectivity index is 3.44. The molecular weight excluding hydrogens is 201 g/mol. The van der Waals surface area contributed by atoms with Crippen molar-refractivity contribution in [3.05, 3.63) is 23.1 Å². The molecule has 1 aromatic rings. The van der Waals surface area contributed by atoms with E-state index in [4.69, 9.17) is 10.8 Å². The van der Waals surface area contributed by atoms with Crippen molar-refractivity contribution in [3.8, 4) is 0 Å². The van der Waals surface area contributed by atoms with Crippen molar-refractivity contribution >= 4 is 11.8 Å². The van der Waals surface area contributed by atoms with E-state index >= 15 is 0 Å². The van der Waals surface area contributed by atoms with Crippen LogP contribution >= 0.6 is 0 Å². The Bertz CT molecular complexity index is 381. The van der Waals surface area contributed by atoms with Gasteiger partial charge in [0.15, 0.2) is 0 Å². The molecule has 1 aromatic heterocycles. The molecule has 0 atom stereocenters. The minimum Gasteiger partial charge on any atom is -0.478 e. The third-order valence-corrected chi connectivity index (χ3v) is 1.48. The molecule has 0 aromatic carbocycles. The third-order valence-electron chi connectivity index (χ3n) is 1.48. The van der Waals surface area contributed by atoms with Gasteiger partial charge in [0, 0.05) is 0 Å². The number of carboxylic acids is 1. The molecule has 76 valence electrons. The number of anilines is 1. The maximum absolute atomic E-state index is 12.8. The lowest BCUT2D eigenvalue weighted by atomic mass is 10.1. The number of alkyl halides is 2. The Labute approximate surface area is 76.2 Å². The molecule has 1 rings (SSSR count). The van der Waals surface area contributed by atoms with Crippen LogP contribution in [0.4, 0.5) is 19.0 Å². The Morgan fingerprint density at radius 2 is 2.14 bits per heavy atom. The first kappa shape index (κ1) is 10.3. The lowest BCUT2D eigenvalue weighted by molar-refractivity contribution is 0.0681. The summed E-state index contributed by atoms with van der Waals surface area (Å²) in [5.74, 6) is -3.69. The van der Waals surface area contributed by atoms with Gasteiger partial charge in [0.05, 0.1) is 11.1 Å². The molecule has 0 aliphatic carbocycles. The Kier molecular flexibility index (Phi) is 2.59. The van der Waals surface area contributed by atoms with Crippen molar-refractivity contribution in [2.24, 2.45) is 0 Å². The van der Waals surface area contributed by atoms with E-state index in [2.05, 4.69) is 4.98 Å². The van der Waals surface area contributed by atoms with Gasteiger partial charge in [0.1, 0.15) is 5.82 Å².